The van der Waals surface area contributed by atoms with Crippen LogP contribution in [0.15, 0.2) is 89.3 Å². The van der Waals surface area contributed by atoms with Crippen LogP contribution in [-0.4, -0.2) is 18.8 Å². The van der Waals surface area contributed by atoms with Crippen molar-refractivity contribution in [3.05, 3.63) is 107 Å². The Hall–Kier alpha value is -4.12. The fraction of sp³-hybridized carbons (Fsp3) is 0.111. The summed E-state index contributed by atoms with van der Waals surface area (Å²) in [5.74, 6) is 1.19. The van der Waals surface area contributed by atoms with Gasteiger partial charge in [0.25, 0.3) is 5.91 Å². The second-order valence-electron chi connectivity index (χ2n) is 7.44. The summed E-state index contributed by atoms with van der Waals surface area (Å²) >= 11 is 0. The molecule has 0 aliphatic rings. The van der Waals surface area contributed by atoms with Crippen LogP contribution in [0.3, 0.4) is 0 Å². The maximum atomic E-state index is 12.7. The van der Waals surface area contributed by atoms with Crippen molar-refractivity contribution in [1.29, 1.82) is 0 Å². The molecule has 3 aromatic carbocycles. The number of rotatable bonds is 7. The molecule has 1 amide bonds. The highest BCUT2D eigenvalue weighted by Crippen LogP contribution is 2.27. The minimum atomic E-state index is -0.340. The van der Waals surface area contributed by atoms with E-state index in [9.17, 15) is 9.59 Å². The molecule has 32 heavy (non-hydrogen) atoms. The van der Waals surface area contributed by atoms with Crippen molar-refractivity contribution in [2.24, 2.45) is 0 Å². The second kappa shape index (κ2) is 9.35. The van der Waals surface area contributed by atoms with E-state index in [-0.39, 0.29) is 17.5 Å². The average Bonchev–Trinajstić information content (AvgIpc) is 3.31. The number of amides is 1. The summed E-state index contributed by atoms with van der Waals surface area (Å²) in [6.07, 6.45) is 0.689. The van der Waals surface area contributed by atoms with Crippen molar-refractivity contribution in [2.45, 2.75) is 13.3 Å². The van der Waals surface area contributed by atoms with Gasteiger partial charge in [0.15, 0.2) is 11.5 Å². The highest BCUT2D eigenvalue weighted by atomic mass is 16.5. The number of furan rings is 1. The van der Waals surface area contributed by atoms with Gasteiger partial charge in [-0.2, -0.15) is 0 Å². The fourth-order valence-corrected chi connectivity index (χ4v) is 3.49. The molecule has 1 heterocycles. The molecule has 160 valence electrons. The molecule has 0 unspecified atom stereocenters. The number of ketones is 1. The van der Waals surface area contributed by atoms with Crippen molar-refractivity contribution < 1.29 is 18.7 Å². The lowest BCUT2D eigenvalue weighted by Crippen LogP contribution is -2.11. The van der Waals surface area contributed by atoms with E-state index in [0.717, 1.165) is 22.4 Å². The number of methoxy groups -OCH3 is 1. The van der Waals surface area contributed by atoms with Crippen LogP contribution in [0, 0.1) is 0 Å². The van der Waals surface area contributed by atoms with E-state index in [4.69, 9.17) is 9.15 Å². The molecule has 4 aromatic rings. The molecule has 0 aliphatic carbocycles. The zero-order valence-electron chi connectivity index (χ0n) is 17.9. The largest absolute Gasteiger partial charge is 0.496 e. The number of carbonyl (C=O) groups excluding carboxylic acids is 2. The van der Waals surface area contributed by atoms with Gasteiger partial charge in [-0.25, -0.2) is 0 Å². The van der Waals surface area contributed by atoms with Gasteiger partial charge >= 0.3 is 0 Å². The Morgan fingerprint density at radius 1 is 0.906 bits per heavy atom. The van der Waals surface area contributed by atoms with Crippen LogP contribution in [0.1, 0.15) is 39.0 Å². The number of Topliss-reactive ketones (excluding diaryl/α,β-unsaturated/α-hetero) is 1. The molecule has 0 spiro atoms. The van der Waals surface area contributed by atoms with Gasteiger partial charge in [0.2, 0.25) is 0 Å². The third kappa shape index (κ3) is 4.78. The highest BCUT2D eigenvalue weighted by molar-refractivity contribution is 6.02. The Morgan fingerprint density at radius 2 is 1.66 bits per heavy atom. The molecule has 1 aromatic heterocycles. The zero-order chi connectivity index (χ0) is 22.5. The minimum Gasteiger partial charge on any atom is -0.496 e. The molecule has 4 rings (SSSR count). The SMILES string of the molecule is COc1ccc(NC(=O)c2ccc(-c3ccc(C(C)=O)cc3)o2)cc1Cc1ccccc1. The Morgan fingerprint density at radius 3 is 2.34 bits per heavy atom. The van der Waals surface area contributed by atoms with Gasteiger partial charge in [-0.3, -0.25) is 9.59 Å². The molecule has 0 saturated carbocycles. The van der Waals surface area contributed by atoms with Gasteiger partial charge in [-0.05, 0) is 42.8 Å². The number of anilines is 1. The first-order chi connectivity index (χ1) is 15.5. The minimum absolute atomic E-state index is 0.00202. The van der Waals surface area contributed by atoms with Crippen LogP contribution in [0.4, 0.5) is 5.69 Å². The molecule has 0 fully saturated rings. The van der Waals surface area contributed by atoms with Crippen LogP contribution in [0.2, 0.25) is 0 Å². The number of ether oxygens (including phenoxy) is 1. The lowest BCUT2D eigenvalue weighted by Gasteiger charge is -2.11. The first-order valence-corrected chi connectivity index (χ1v) is 10.3. The second-order valence-corrected chi connectivity index (χ2v) is 7.44. The fourth-order valence-electron chi connectivity index (χ4n) is 3.49. The molecular formula is C27H23NO4. The Bertz CT molecular complexity index is 1240. The van der Waals surface area contributed by atoms with E-state index in [1.165, 1.54) is 6.92 Å². The van der Waals surface area contributed by atoms with E-state index in [2.05, 4.69) is 17.4 Å². The van der Waals surface area contributed by atoms with Gasteiger partial charge in [-0.15, -0.1) is 0 Å². The quantitative estimate of drug-likeness (QED) is 0.369. The first-order valence-electron chi connectivity index (χ1n) is 10.3. The van der Waals surface area contributed by atoms with Gasteiger partial charge in [0.1, 0.15) is 11.5 Å². The molecule has 0 saturated heterocycles. The number of hydrogen-bond acceptors (Lipinski definition) is 4. The first kappa shape index (κ1) is 21.1. The van der Waals surface area contributed by atoms with Crippen molar-refractivity contribution in [3.8, 4) is 17.1 Å². The number of nitrogens with one attached hydrogen (secondary N) is 1. The standard InChI is InChI=1S/C27H23NO4/c1-18(29)20-8-10-21(11-9-20)25-14-15-26(32-25)27(30)28-23-12-13-24(31-2)22(17-23)16-19-6-4-3-5-7-19/h3-15,17H,16H2,1-2H3,(H,28,30). The Balaban J connectivity index is 1.50. The predicted octanol–water partition coefficient (Wildman–Crippen LogP) is 6.00. The third-order valence-electron chi connectivity index (χ3n) is 5.18. The summed E-state index contributed by atoms with van der Waals surface area (Å²) in [5.41, 5.74) is 4.21. The van der Waals surface area contributed by atoms with E-state index in [1.54, 1.807) is 49.6 Å². The molecular weight excluding hydrogens is 402 g/mol. The summed E-state index contributed by atoms with van der Waals surface area (Å²) in [5, 5.41) is 2.89. The average molecular weight is 425 g/mol. The maximum absolute atomic E-state index is 12.7. The third-order valence-corrected chi connectivity index (χ3v) is 5.18. The summed E-state index contributed by atoms with van der Waals surface area (Å²) < 4.78 is 11.2. The van der Waals surface area contributed by atoms with Gasteiger partial charge in [0, 0.05) is 28.8 Å². The van der Waals surface area contributed by atoms with Crippen LogP contribution < -0.4 is 10.1 Å². The van der Waals surface area contributed by atoms with Crippen molar-refractivity contribution in [3.63, 3.8) is 0 Å². The van der Waals surface area contributed by atoms with Crippen LogP contribution >= 0.6 is 0 Å². The number of benzene rings is 3. The van der Waals surface area contributed by atoms with E-state index < -0.39 is 0 Å². The van der Waals surface area contributed by atoms with Crippen LogP contribution in [0.25, 0.3) is 11.3 Å². The molecule has 0 radical (unpaired) electrons. The zero-order valence-corrected chi connectivity index (χ0v) is 17.9. The normalized spacial score (nSPS) is 10.6. The Labute approximate surface area is 186 Å². The number of hydrogen-bond donors (Lipinski definition) is 1. The van der Waals surface area contributed by atoms with E-state index in [1.807, 2.05) is 30.3 Å². The predicted molar refractivity (Wildman–Crippen MR) is 124 cm³/mol. The highest BCUT2D eigenvalue weighted by Gasteiger charge is 2.14. The van der Waals surface area contributed by atoms with Crippen molar-refractivity contribution in [2.75, 3.05) is 12.4 Å². The molecule has 0 bridgehead atoms. The van der Waals surface area contributed by atoms with E-state index in [0.29, 0.717) is 23.4 Å². The van der Waals surface area contributed by atoms with Gasteiger partial charge in [-0.1, -0.05) is 54.6 Å². The smallest absolute Gasteiger partial charge is 0.291 e. The van der Waals surface area contributed by atoms with Crippen molar-refractivity contribution >= 4 is 17.4 Å². The maximum Gasteiger partial charge on any atom is 0.291 e. The lowest BCUT2D eigenvalue weighted by molar-refractivity contribution is 0.0994. The van der Waals surface area contributed by atoms with Gasteiger partial charge < -0.3 is 14.5 Å². The van der Waals surface area contributed by atoms with E-state index >= 15 is 0 Å². The summed E-state index contributed by atoms with van der Waals surface area (Å²) in [6, 6.07) is 26.1. The topological polar surface area (TPSA) is 68.5 Å². The summed E-state index contributed by atoms with van der Waals surface area (Å²) in [7, 11) is 1.63. The molecule has 0 aliphatic heterocycles. The molecule has 1 N–H and O–H groups in total. The summed E-state index contributed by atoms with van der Waals surface area (Å²) in [4.78, 5) is 24.2. The Kier molecular flexibility index (Phi) is 6.17. The lowest BCUT2D eigenvalue weighted by atomic mass is 10.0. The monoisotopic (exact) mass is 425 g/mol. The summed E-state index contributed by atoms with van der Waals surface area (Å²) in [6.45, 7) is 1.52. The van der Waals surface area contributed by atoms with Crippen LogP contribution in [0.5, 0.6) is 5.75 Å². The number of carbonyl (C=O) groups is 2. The van der Waals surface area contributed by atoms with Gasteiger partial charge in [0.05, 0.1) is 7.11 Å². The molecule has 5 heteroatoms. The molecule has 5 nitrogen and oxygen atoms in total. The van der Waals surface area contributed by atoms with Crippen LogP contribution in [-0.2, 0) is 6.42 Å². The van der Waals surface area contributed by atoms with Crippen molar-refractivity contribution in [1.82, 2.24) is 0 Å². The molecule has 0 atom stereocenters.